The number of aliphatic imine (C=N–C) groups is 2. The number of likely N-dealkylation sites (tertiary alicyclic amines) is 1. The Morgan fingerprint density at radius 3 is 2.38 bits per heavy atom. The number of phenolic OH excluding ortho intramolecular Hbond substituents is 1. The molecule has 0 amide bonds. The average molecular weight is 525 g/mol. The average Bonchev–Trinajstić information content (AvgIpc) is 3.22. The maximum absolute atomic E-state index is 14.4. The van der Waals surface area contributed by atoms with E-state index in [1.54, 1.807) is 13.1 Å². The van der Waals surface area contributed by atoms with Crippen molar-refractivity contribution in [3.05, 3.63) is 53.0 Å². The lowest BCUT2D eigenvalue weighted by atomic mass is 9.90. The van der Waals surface area contributed by atoms with E-state index in [9.17, 15) is 13.9 Å². The molecule has 2 unspecified atom stereocenters. The first-order chi connectivity index (χ1) is 17.7. The highest BCUT2D eigenvalue weighted by Gasteiger charge is 2.33. The molecule has 0 aromatic heterocycles. The summed E-state index contributed by atoms with van der Waals surface area (Å²) < 4.78 is 28.0. The van der Waals surface area contributed by atoms with Crippen molar-refractivity contribution in [3.8, 4) is 5.75 Å². The van der Waals surface area contributed by atoms with Gasteiger partial charge in [0, 0.05) is 55.7 Å². The van der Waals surface area contributed by atoms with E-state index in [2.05, 4.69) is 14.9 Å². The SMILES string of the molecule is CCO.C\C=C/N=C(C)/C(CN1CC(F)C(CC)C1)=C(/CC)[C@@H](N=CN)c1ccc(F)cc1O.O=CO. The van der Waals surface area contributed by atoms with Gasteiger partial charge in [-0.2, -0.15) is 0 Å². The number of benzene rings is 1. The lowest BCUT2D eigenvalue weighted by molar-refractivity contribution is -0.122. The Morgan fingerprint density at radius 2 is 1.92 bits per heavy atom. The van der Waals surface area contributed by atoms with Crippen molar-refractivity contribution < 1.29 is 28.9 Å². The third-order valence-corrected chi connectivity index (χ3v) is 5.82. The Balaban J connectivity index is 0.00000196. The second kappa shape index (κ2) is 19.1. The highest BCUT2D eigenvalue weighted by molar-refractivity contribution is 6.00. The van der Waals surface area contributed by atoms with E-state index in [4.69, 9.17) is 20.7 Å². The number of halogens is 2. The monoisotopic (exact) mass is 524 g/mol. The van der Waals surface area contributed by atoms with Crippen molar-refractivity contribution in [2.24, 2.45) is 21.6 Å². The molecule has 2 rings (SSSR count). The largest absolute Gasteiger partial charge is 0.507 e. The van der Waals surface area contributed by atoms with E-state index < -0.39 is 18.0 Å². The van der Waals surface area contributed by atoms with E-state index in [-0.39, 0.29) is 24.7 Å². The summed E-state index contributed by atoms with van der Waals surface area (Å²) in [5, 5.41) is 24.9. The van der Waals surface area contributed by atoms with E-state index in [1.807, 2.05) is 33.8 Å². The molecule has 0 spiro atoms. The molecule has 0 saturated carbocycles. The second-order valence-electron chi connectivity index (χ2n) is 8.26. The van der Waals surface area contributed by atoms with Crippen LogP contribution in [0, 0.1) is 11.7 Å². The molecular weight excluding hydrogens is 482 g/mol. The summed E-state index contributed by atoms with van der Waals surface area (Å²) in [5.74, 6) is -0.681. The molecule has 1 fully saturated rings. The number of nitrogens with two attached hydrogens (primary N) is 1. The minimum atomic E-state index is -0.844. The molecule has 10 heteroatoms. The third kappa shape index (κ3) is 11.2. The number of nitrogens with zero attached hydrogens (tertiary/aromatic N) is 3. The Hall–Kier alpha value is -3.11. The van der Waals surface area contributed by atoms with Crippen LogP contribution in [0.1, 0.15) is 59.1 Å². The van der Waals surface area contributed by atoms with Gasteiger partial charge in [0.1, 0.15) is 23.8 Å². The van der Waals surface area contributed by atoms with E-state index in [0.717, 1.165) is 29.3 Å². The molecule has 1 aliphatic rings. The minimum Gasteiger partial charge on any atom is -0.507 e. The Labute approximate surface area is 218 Å². The van der Waals surface area contributed by atoms with Crippen LogP contribution in [0.3, 0.4) is 0 Å². The van der Waals surface area contributed by atoms with Gasteiger partial charge in [0.2, 0.25) is 0 Å². The van der Waals surface area contributed by atoms with E-state index in [1.165, 1.54) is 18.5 Å². The predicted molar refractivity (Wildman–Crippen MR) is 145 cm³/mol. The lowest BCUT2D eigenvalue weighted by Crippen LogP contribution is -2.27. The van der Waals surface area contributed by atoms with Gasteiger partial charge in [-0.1, -0.05) is 19.9 Å². The molecule has 37 heavy (non-hydrogen) atoms. The molecular formula is C27H42F2N4O4. The summed E-state index contributed by atoms with van der Waals surface area (Å²) in [6.07, 6.45) is 5.32. The number of carboxylic acid groups (broad SMARTS) is 1. The van der Waals surface area contributed by atoms with Crippen LogP contribution < -0.4 is 5.73 Å². The fourth-order valence-electron chi connectivity index (χ4n) is 4.13. The quantitative estimate of drug-likeness (QED) is 0.211. The van der Waals surface area contributed by atoms with Gasteiger partial charge < -0.3 is 21.1 Å². The zero-order valence-corrected chi connectivity index (χ0v) is 22.4. The summed E-state index contributed by atoms with van der Waals surface area (Å²) in [6, 6.07) is 3.30. The molecule has 0 aliphatic carbocycles. The molecule has 8 nitrogen and oxygen atoms in total. The fraction of sp³-hybridized carbons (Fsp3) is 0.519. The van der Waals surface area contributed by atoms with Gasteiger partial charge in [-0.25, -0.2) is 8.78 Å². The van der Waals surface area contributed by atoms with Crippen LogP contribution in [-0.4, -0.2) is 71.2 Å². The smallest absolute Gasteiger partial charge is 0.290 e. The Kier molecular flexibility index (Phi) is 17.5. The summed E-state index contributed by atoms with van der Waals surface area (Å²) in [4.78, 5) is 19.4. The summed E-state index contributed by atoms with van der Waals surface area (Å²) in [6.45, 7) is 11.1. The zero-order valence-electron chi connectivity index (χ0n) is 22.4. The van der Waals surface area contributed by atoms with Crippen LogP contribution >= 0.6 is 0 Å². The number of allylic oxidation sites excluding steroid dienone is 1. The van der Waals surface area contributed by atoms with Crippen molar-refractivity contribution in [1.29, 1.82) is 0 Å². The van der Waals surface area contributed by atoms with Gasteiger partial charge in [-0.3, -0.25) is 19.7 Å². The molecule has 1 aromatic carbocycles. The normalized spacial score (nSPS) is 19.6. The molecule has 3 atom stereocenters. The van der Waals surface area contributed by atoms with Crippen LogP contribution in [-0.2, 0) is 4.79 Å². The van der Waals surface area contributed by atoms with Gasteiger partial charge in [0.25, 0.3) is 6.47 Å². The van der Waals surface area contributed by atoms with Gasteiger partial charge >= 0.3 is 0 Å². The van der Waals surface area contributed by atoms with E-state index >= 15 is 0 Å². The van der Waals surface area contributed by atoms with Crippen LogP contribution in [0.5, 0.6) is 5.75 Å². The first kappa shape index (κ1) is 33.9. The number of aliphatic hydroxyl groups is 1. The molecule has 1 heterocycles. The lowest BCUT2D eigenvalue weighted by Gasteiger charge is -2.25. The zero-order chi connectivity index (χ0) is 28.4. The predicted octanol–water partition coefficient (Wildman–Crippen LogP) is 4.64. The molecule has 0 radical (unpaired) electrons. The summed E-state index contributed by atoms with van der Waals surface area (Å²) >= 11 is 0. The van der Waals surface area contributed by atoms with Gasteiger partial charge in [0.15, 0.2) is 0 Å². The van der Waals surface area contributed by atoms with Crippen LogP contribution in [0.4, 0.5) is 8.78 Å². The number of rotatable bonds is 9. The first-order valence-corrected chi connectivity index (χ1v) is 12.3. The number of aliphatic hydroxyl groups excluding tert-OH is 1. The van der Waals surface area contributed by atoms with Crippen molar-refractivity contribution in [3.63, 3.8) is 0 Å². The van der Waals surface area contributed by atoms with Gasteiger partial charge in [-0.15, -0.1) is 0 Å². The molecule has 1 saturated heterocycles. The van der Waals surface area contributed by atoms with Crippen LogP contribution in [0.15, 0.2) is 51.6 Å². The maximum atomic E-state index is 14.4. The molecule has 5 N–H and O–H groups in total. The van der Waals surface area contributed by atoms with Crippen molar-refractivity contribution in [2.75, 3.05) is 26.2 Å². The second-order valence-corrected chi connectivity index (χ2v) is 8.26. The number of phenols is 1. The van der Waals surface area contributed by atoms with Crippen LogP contribution in [0.25, 0.3) is 0 Å². The summed E-state index contributed by atoms with van der Waals surface area (Å²) in [5.41, 5.74) is 8.74. The maximum Gasteiger partial charge on any atom is 0.290 e. The first-order valence-electron chi connectivity index (χ1n) is 12.3. The number of carbonyl (C=O) groups is 1. The number of alkyl halides is 1. The molecule has 0 bridgehead atoms. The molecule has 1 aromatic rings. The highest BCUT2D eigenvalue weighted by Crippen LogP contribution is 2.37. The number of aromatic hydroxyl groups is 1. The van der Waals surface area contributed by atoms with Crippen molar-refractivity contribution in [1.82, 2.24) is 4.90 Å². The number of hydrogen-bond donors (Lipinski definition) is 4. The van der Waals surface area contributed by atoms with Crippen molar-refractivity contribution >= 4 is 18.5 Å². The summed E-state index contributed by atoms with van der Waals surface area (Å²) in [7, 11) is 0. The topological polar surface area (TPSA) is 132 Å². The minimum absolute atomic E-state index is 0.0260. The van der Waals surface area contributed by atoms with E-state index in [0.29, 0.717) is 31.6 Å². The van der Waals surface area contributed by atoms with Crippen molar-refractivity contribution in [2.45, 2.75) is 59.7 Å². The number of hydrogen-bond acceptors (Lipinski definition) is 6. The highest BCUT2D eigenvalue weighted by atomic mass is 19.1. The molecule has 208 valence electrons. The Morgan fingerprint density at radius 1 is 1.30 bits per heavy atom. The van der Waals surface area contributed by atoms with Gasteiger partial charge in [0.05, 0.1) is 6.34 Å². The standard InChI is InChI=1S/C24H34F2N4O.C2H6O.CH2O2/c1-5-10-28-16(4)21(13-30-12-17(6-2)22(26)14-30)19(7-3)24(29-15-27)20-9-8-18(25)11-23(20)31;1-2-3;2-1-3/h5,8-11,15,17,22,24,31H,6-7,12-14H2,1-4H3,(H2,27,29);3H,2H2,1H3;1H,(H,2,3)/b10-5-,21-19-,28-16+;;/t17?,22?,24-;;/m1../s1. The third-order valence-electron chi connectivity index (χ3n) is 5.82. The van der Waals surface area contributed by atoms with Crippen LogP contribution in [0.2, 0.25) is 0 Å². The van der Waals surface area contributed by atoms with Gasteiger partial charge in [-0.05, 0) is 56.9 Å². The molecule has 1 aliphatic heterocycles. The Bertz CT molecular complexity index is 935. The fourth-order valence-corrected chi connectivity index (χ4v) is 4.13.